The van der Waals surface area contributed by atoms with Crippen molar-refractivity contribution in [3.8, 4) is 11.5 Å². The van der Waals surface area contributed by atoms with Crippen molar-refractivity contribution >= 4 is 5.91 Å². The summed E-state index contributed by atoms with van der Waals surface area (Å²) in [4.78, 5) is 16.8. The van der Waals surface area contributed by atoms with E-state index < -0.39 is 0 Å². The second-order valence-electron chi connectivity index (χ2n) is 6.73. The Hall–Kier alpha value is -2.37. The lowest BCUT2D eigenvalue weighted by molar-refractivity contribution is -0.121. The average Bonchev–Trinajstić information content (AvgIpc) is 2.67. The van der Waals surface area contributed by atoms with Gasteiger partial charge >= 0.3 is 0 Å². The molecule has 0 unspecified atom stereocenters. The largest absolute Gasteiger partial charge is 0.457 e. The minimum Gasteiger partial charge on any atom is -0.457 e. The van der Waals surface area contributed by atoms with Crippen LogP contribution in [-0.2, 0) is 11.3 Å². The minimum absolute atomic E-state index is 0.0957. The van der Waals surface area contributed by atoms with Crippen LogP contribution in [0, 0.1) is 0 Å². The number of hydrogen-bond acceptors (Lipinski definition) is 4. The number of carbonyl (C=O) groups is 1. The molecule has 0 bridgehead atoms. The summed E-state index contributed by atoms with van der Waals surface area (Å²) in [5, 5.41) is 3.01. The van der Waals surface area contributed by atoms with E-state index in [1.807, 2.05) is 54.6 Å². The third-order valence-electron chi connectivity index (χ3n) is 4.62. The first-order valence-electron chi connectivity index (χ1n) is 9.18. The van der Waals surface area contributed by atoms with Crippen LogP contribution in [0.4, 0.5) is 0 Å². The van der Waals surface area contributed by atoms with E-state index in [-0.39, 0.29) is 5.91 Å². The topological polar surface area (TPSA) is 44.8 Å². The van der Waals surface area contributed by atoms with Gasteiger partial charge in [0.2, 0.25) is 5.91 Å². The Labute approximate surface area is 155 Å². The zero-order valence-corrected chi connectivity index (χ0v) is 15.4. The molecule has 0 radical (unpaired) electrons. The van der Waals surface area contributed by atoms with Gasteiger partial charge in [-0.25, -0.2) is 0 Å². The van der Waals surface area contributed by atoms with Crippen LogP contribution in [0.25, 0.3) is 0 Å². The van der Waals surface area contributed by atoms with Crippen molar-refractivity contribution in [2.45, 2.75) is 13.0 Å². The van der Waals surface area contributed by atoms with Crippen LogP contribution >= 0.6 is 0 Å². The van der Waals surface area contributed by atoms with Crippen LogP contribution in [0.5, 0.6) is 11.5 Å². The highest BCUT2D eigenvalue weighted by Crippen LogP contribution is 2.21. The second-order valence-corrected chi connectivity index (χ2v) is 6.73. The Balaban J connectivity index is 1.42. The third kappa shape index (κ3) is 5.86. The molecule has 0 atom stereocenters. The first-order chi connectivity index (χ1) is 12.7. The smallest absolute Gasteiger partial charge is 0.221 e. The van der Waals surface area contributed by atoms with Crippen LogP contribution in [0.1, 0.15) is 12.0 Å². The maximum absolute atomic E-state index is 12.1. The maximum Gasteiger partial charge on any atom is 0.221 e. The molecule has 0 aromatic heterocycles. The molecule has 1 aliphatic heterocycles. The number of carbonyl (C=O) groups excluding carboxylic acids is 1. The molecule has 2 aromatic rings. The molecule has 2 aromatic carbocycles. The molecule has 1 fully saturated rings. The predicted molar refractivity (Wildman–Crippen MR) is 103 cm³/mol. The van der Waals surface area contributed by atoms with E-state index in [9.17, 15) is 4.79 Å². The molecule has 1 N–H and O–H groups in total. The van der Waals surface area contributed by atoms with E-state index in [4.69, 9.17) is 4.74 Å². The zero-order chi connectivity index (χ0) is 18.2. The van der Waals surface area contributed by atoms with Crippen molar-refractivity contribution in [2.24, 2.45) is 0 Å². The van der Waals surface area contributed by atoms with E-state index in [1.165, 1.54) is 0 Å². The van der Waals surface area contributed by atoms with Gasteiger partial charge < -0.3 is 19.9 Å². The van der Waals surface area contributed by atoms with E-state index in [1.54, 1.807) is 0 Å². The fourth-order valence-electron chi connectivity index (χ4n) is 2.96. The summed E-state index contributed by atoms with van der Waals surface area (Å²) in [6, 6.07) is 17.5. The second kappa shape index (κ2) is 9.36. The van der Waals surface area contributed by atoms with E-state index in [0.29, 0.717) is 13.0 Å². The summed E-state index contributed by atoms with van der Waals surface area (Å²) in [6.07, 6.45) is 0.546. The number of ether oxygens (including phenoxy) is 1. The number of benzene rings is 2. The van der Waals surface area contributed by atoms with E-state index >= 15 is 0 Å². The van der Waals surface area contributed by atoms with Crippen molar-refractivity contribution in [1.29, 1.82) is 0 Å². The van der Waals surface area contributed by atoms with Crippen molar-refractivity contribution in [1.82, 2.24) is 15.1 Å². The number of amides is 1. The standard InChI is InChI=1S/C21H27N3O2/c1-23-12-14-24(15-13-23)11-10-21(25)22-17-18-6-5-9-20(16-18)26-19-7-3-2-4-8-19/h2-9,16H,10-15,17H2,1H3,(H,22,25). The van der Waals surface area contributed by atoms with Gasteiger partial charge in [-0.1, -0.05) is 30.3 Å². The van der Waals surface area contributed by atoms with Gasteiger partial charge in [0.05, 0.1) is 0 Å². The SMILES string of the molecule is CN1CCN(CCC(=O)NCc2cccc(Oc3ccccc3)c2)CC1. The molecule has 3 rings (SSSR count). The Morgan fingerprint density at radius 1 is 1.00 bits per heavy atom. The minimum atomic E-state index is 0.0957. The molecule has 0 aliphatic carbocycles. The lowest BCUT2D eigenvalue weighted by Gasteiger charge is -2.32. The number of hydrogen-bond donors (Lipinski definition) is 1. The Morgan fingerprint density at radius 3 is 2.50 bits per heavy atom. The molecule has 1 aliphatic rings. The molecular weight excluding hydrogens is 326 g/mol. The van der Waals surface area contributed by atoms with Crippen molar-refractivity contribution in [3.05, 3.63) is 60.2 Å². The Kier molecular flexibility index (Phi) is 6.63. The lowest BCUT2D eigenvalue weighted by atomic mass is 10.2. The predicted octanol–water partition coefficient (Wildman–Crippen LogP) is 2.73. The molecule has 1 amide bonds. The van der Waals surface area contributed by atoms with E-state index in [2.05, 4.69) is 22.2 Å². The number of nitrogens with one attached hydrogen (secondary N) is 1. The molecule has 1 saturated heterocycles. The van der Waals surface area contributed by atoms with Crippen LogP contribution in [0.15, 0.2) is 54.6 Å². The van der Waals surface area contributed by atoms with Gasteiger partial charge in [0.1, 0.15) is 11.5 Å². The summed E-state index contributed by atoms with van der Waals surface area (Å²) in [5.74, 6) is 1.68. The summed E-state index contributed by atoms with van der Waals surface area (Å²) in [6.45, 7) is 5.60. The highest BCUT2D eigenvalue weighted by atomic mass is 16.5. The summed E-state index contributed by atoms with van der Waals surface area (Å²) in [5.41, 5.74) is 1.03. The van der Waals surface area contributed by atoms with Crippen molar-refractivity contribution in [3.63, 3.8) is 0 Å². The number of likely N-dealkylation sites (N-methyl/N-ethyl adjacent to an activating group) is 1. The molecule has 5 nitrogen and oxygen atoms in total. The van der Waals surface area contributed by atoms with Crippen molar-refractivity contribution in [2.75, 3.05) is 39.8 Å². The third-order valence-corrected chi connectivity index (χ3v) is 4.62. The number of para-hydroxylation sites is 1. The Morgan fingerprint density at radius 2 is 1.73 bits per heavy atom. The lowest BCUT2D eigenvalue weighted by Crippen LogP contribution is -2.45. The van der Waals surface area contributed by atoms with Gasteiger partial charge in [0.25, 0.3) is 0 Å². The molecular formula is C21H27N3O2. The zero-order valence-electron chi connectivity index (χ0n) is 15.4. The van der Waals surface area contributed by atoms with Gasteiger partial charge in [-0.15, -0.1) is 0 Å². The summed E-state index contributed by atoms with van der Waals surface area (Å²) in [7, 11) is 2.14. The molecule has 0 saturated carbocycles. The van der Waals surface area contributed by atoms with Gasteiger partial charge in [-0.05, 0) is 36.9 Å². The fourth-order valence-corrected chi connectivity index (χ4v) is 2.96. The molecule has 26 heavy (non-hydrogen) atoms. The summed E-state index contributed by atoms with van der Waals surface area (Å²) >= 11 is 0. The number of nitrogens with zero attached hydrogens (tertiary/aromatic N) is 2. The van der Waals surface area contributed by atoms with Crippen LogP contribution < -0.4 is 10.1 Å². The molecule has 138 valence electrons. The van der Waals surface area contributed by atoms with E-state index in [0.717, 1.165) is 49.8 Å². The quantitative estimate of drug-likeness (QED) is 0.831. The molecule has 0 spiro atoms. The maximum atomic E-state index is 12.1. The van der Waals surface area contributed by atoms with Gasteiger partial charge in [-0.3, -0.25) is 4.79 Å². The van der Waals surface area contributed by atoms with Crippen LogP contribution in [0.2, 0.25) is 0 Å². The fraction of sp³-hybridized carbons (Fsp3) is 0.381. The van der Waals surface area contributed by atoms with Crippen LogP contribution in [-0.4, -0.2) is 55.5 Å². The van der Waals surface area contributed by atoms with Crippen LogP contribution in [0.3, 0.4) is 0 Å². The van der Waals surface area contributed by atoms with Gasteiger partial charge in [0.15, 0.2) is 0 Å². The highest BCUT2D eigenvalue weighted by Gasteiger charge is 2.14. The number of rotatable bonds is 7. The highest BCUT2D eigenvalue weighted by molar-refractivity contribution is 5.76. The normalized spacial score (nSPS) is 15.6. The first-order valence-corrected chi connectivity index (χ1v) is 9.18. The number of piperazine rings is 1. The molecule has 1 heterocycles. The van der Waals surface area contributed by atoms with Gasteiger partial charge in [-0.2, -0.15) is 0 Å². The monoisotopic (exact) mass is 353 g/mol. The average molecular weight is 353 g/mol. The summed E-state index contributed by atoms with van der Waals surface area (Å²) < 4.78 is 5.84. The van der Waals surface area contributed by atoms with Crippen molar-refractivity contribution < 1.29 is 9.53 Å². The Bertz CT molecular complexity index is 697. The molecule has 5 heteroatoms. The van der Waals surface area contributed by atoms with Gasteiger partial charge in [0, 0.05) is 45.7 Å². The first kappa shape index (κ1) is 18.4.